The Morgan fingerprint density at radius 1 is 1.15 bits per heavy atom. The molecule has 1 fully saturated rings. The molecule has 27 heavy (non-hydrogen) atoms. The molecule has 4 rings (SSSR count). The Labute approximate surface area is 161 Å². The number of carbonyl (C=O) groups is 1. The van der Waals surface area contributed by atoms with Crippen molar-refractivity contribution in [2.75, 3.05) is 31.1 Å². The normalized spacial score (nSPS) is 15.4. The van der Waals surface area contributed by atoms with Crippen LogP contribution in [0.2, 0.25) is 5.02 Å². The van der Waals surface area contributed by atoms with Gasteiger partial charge in [0, 0.05) is 22.3 Å². The van der Waals surface area contributed by atoms with E-state index in [2.05, 4.69) is 4.90 Å². The number of rotatable bonds is 4. The van der Waals surface area contributed by atoms with Crippen molar-refractivity contribution in [3.63, 3.8) is 0 Å². The highest BCUT2D eigenvalue weighted by molar-refractivity contribution is 6.31. The van der Waals surface area contributed by atoms with Gasteiger partial charge in [0.2, 0.25) is 0 Å². The van der Waals surface area contributed by atoms with E-state index >= 15 is 0 Å². The van der Waals surface area contributed by atoms with Gasteiger partial charge in [0.05, 0.1) is 31.7 Å². The molecule has 0 amide bonds. The lowest BCUT2D eigenvalue weighted by molar-refractivity contribution is -0.923. The molecule has 0 radical (unpaired) electrons. The predicted octanol–water partition coefficient (Wildman–Crippen LogP) is 1.81. The number of nitrogens with zero attached hydrogens (tertiary/aromatic N) is 2. The van der Waals surface area contributed by atoms with E-state index in [1.807, 2.05) is 30.3 Å². The Hall–Kier alpha value is -2.57. The Balaban J connectivity index is 1.43. The van der Waals surface area contributed by atoms with Gasteiger partial charge in [-0.05, 0) is 43.3 Å². The first-order valence-corrected chi connectivity index (χ1v) is 9.37. The van der Waals surface area contributed by atoms with Crippen LogP contribution >= 0.6 is 11.6 Å². The second-order valence-electron chi connectivity index (χ2n) is 6.91. The summed E-state index contributed by atoms with van der Waals surface area (Å²) in [6.07, 6.45) is 0. The predicted molar refractivity (Wildman–Crippen MR) is 105 cm³/mol. The average Bonchev–Trinajstić information content (AvgIpc) is 2.97. The van der Waals surface area contributed by atoms with Gasteiger partial charge in [0.15, 0.2) is 18.0 Å². The molecular weight excluding hydrogens is 366 g/mol. The second kappa shape index (κ2) is 7.21. The molecule has 1 aromatic heterocycles. The number of nitrogens with one attached hydrogen (secondary N) is 1. The van der Waals surface area contributed by atoms with E-state index < -0.39 is 0 Å². The molecule has 1 aliphatic rings. The van der Waals surface area contributed by atoms with Crippen molar-refractivity contribution in [3.8, 4) is 0 Å². The number of hydrogen-bond donors (Lipinski definition) is 1. The molecule has 140 valence electrons. The summed E-state index contributed by atoms with van der Waals surface area (Å²) in [7, 11) is 0. The maximum atomic E-state index is 12.2. The number of anilines is 1. The lowest BCUT2D eigenvalue weighted by Gasteiger charge is -2.33. The molecule has 0 saturated carbocycles. The Kier molecular flexibility index (Phi) is 4.76. The zero-order valence-electron chi connectivity index (χ0n) is 15.1. The summed E-state index contributed by atoms with van der Waals surface area (Å²) in [4.78, 5) is 27.2. The van der Waals surface area contributed by atoms with Gasteiger partial charge >= 0.3 is 5.76 Å². The van der Waals surface area contributed by atoms with Crippen molar-refractivity contribution in [3.05, 3.63) is 63.6 Å². The first-order chi connectivity index (χ1) is 13.0. The number of aromatic nitrogens is 1. The van der Waals surface area contributed by atoms with Crippen LogP contribution < -0.4 is 15.6 Å². The van der Waals surface area contributed by atoms with E-state index in [9.17, 15) is 9.59 Å². The van der Waals surface area contributed by atoms with Crippen molar-refractivity contribution >= 4 is 34.2 Å². The SMILES string of the molecule is CC(=O)c1ccc(N2CC[NH+](Cn3c(=O)oc4cc(Cl)ccc43)CC2)cc1. The maximum Gasteiger partial charge on any atom is 0.424 e. The molecule has 1 N–H and O–H groups in total. The smallest absolute Gasteiger partial charge is 0.408 e. The van der Waals surface area contributed by atoms with Gasteiger partial charge in [-0.15, -0.1) is 0 Å². The zero-order valence-corrected chi connectivity index (χ0v) is 15.8. The summed E-state index contributed by atoms with van der Waals surface area (Å²) in [5.74, 6) is -0.267. The largest absolute Gasteiger partial charge is 0.424 e. The first kappa shape index (κ1) is 17.8. The number of carbonyl (C=O) groups excluding carboxylic acids is 1. The molecular formula is C20H21ClN3O3+. The molecule has 0 spiro atoms. The van der Waals surface area contributed by atoms with Crippen molar-refractivity contribution in [1.29, 1.82) is 0 Å². The standard InChI is InChI=1S/C20H20ClN3O3/c1-14(25)15-2-5-17(6-3-15)23-10-8-22(9-11-23)13-24-18-7-4-16(21)12-19(18)27-20(24)26/h2-7,12H,8-11,13H2,1H3/p+1. The average molecular weight is 387 g/mol. The van der Waals surface area contributed by atoms with Crippen LogP contribution in [0, 0.1) is 0 Å². The number of quaternary nitrogens is 1. The summed E-state index contributed by atoms with van der Waals surface area (Å²) in [6, 6.07) is 13.0. The van der Waals surface area contributed by atoms with Crippen LogP contribution in [0.4, 0.5) is 5.69 Å². The fraction of sp³-hybridized carbons (Fsp3) is 0.300. The van der Waals surface area contributed by atoms with Gasteiger partial charge in [0.1, 0.15) is 0 Å². The molecule has 1 aliphatic heterocycles. The quantitative estimate of drug-likeness (QED) is 0.695. The number of halogens is 1. The van der Waals surface area contributed by atoms with Gasteiger partial charge < -0.3 is 14.2 Å². The van der Waals surface area contributed by atoms with Crippen molar-refractivity contribution in [1.82, 2.24) is 4.57 Å². The molecule has 0 bridgehead atoms. The van der Waals surface area contributed by atoms with Crippen LogP contribution in [0.1, 0.15) is 17.3 Å². The van der Waals surface area contributed by atoms with Crippen LogP contribution in [0.3, 0.4) is 0 Å². The van der Waals surface area contributed by atoms with Crippen molar-refractivity contribution in [2.24, 2.45) is 0 Å². The molecule has 7 heteroatoms. The van der Waals surface area contributed by atoms with Crippen LogP contribution in [0.25, 0.3) is 11.1 Å². The lowest BCUT2D eigenvalue weighted by Crippen LogP contribution is -3.14. The monoisotopic (exact) mass is 386 g/mol. The van der Waals surface area contributed by atoms with Gasteiger partial charge in [-0.1, -0.05) is 11.6 Å². The first-order valence-electron chi connectivity index (χ1n) is 9.00. The van der Waals surface area contributed by atoms with E-state index in [-0.39, 0.29) is 11.5 Å². The van der Waals surface area contributed by atoms with Crippen LogP contribution in [-0.2, 0) is 6.67 Å². The topological polar surface area (TPSA) is 59.9 Å². The Morgan fingerprint density at radius 2 is 1.85 bits per heavy atom. The number of Topliss-reactive ketones (excluding diaryl/α,β-unsaturated/α-hetero) is 1. The highest BCUT2D eigenvalue weighted by atomic mass is 35.5. The molecule has 6 nitrogen and oxygen atoms in total. The second-order valence-corrected chi connectivity index (χ2v) is 7.34. The fourth-order valence-corrected chi connectivity index (χ4v) is 3.72. The fourth-order valence-electron chi connectivity index (χ4n) is 3.56. The summed E-state index contributed by atoms with van der Waals surface area (Å²) in [6.45, 7) is 5.77. The summed E-state index contributed by atoms with van der Waals surface area (Å²) in [5, 5.41) is 0.556. The third kappa shape index (κ3) is 3.63. The van der Waals surface area contributed by atoms with E-state index in [0.717, 1.165) is 42.9 Å². The highest BCUT2D eigenvalue weighted by Crippen LogP contribution is 2.18. The number of ketones is 1. The summed E-state index contributed by atoms with van der Waals surface area (Å²) >= 11 is 5.97. The van der Waals surface area contributed by atoms with Crippen LogP contribution in [-0.4, -0.2) is 36.5 Å². The van der Waals surface area contributed by atoms with Crippen molar-refractivity contribution in [2.45, 2.75) is 13.6 Å². The van der Waals surface area contributed by atoms with Gasteiger partial charge in [-0.25, -0.2) is 9.36 Å². The van der Waals surface area contributed by atoms with E-state index in [4.69, 9.17) is 16.0 Å². The van der Waals surface area contributed by atoms with E-state index in [1.54, 1.807) is 23.6 Å². The highest BCUT2D eigenvalue weighted by Gasteiger charge is 2.22. The van der Waals surface area contributed by atoms with E-state index in [0.29, 0.717) is 17.3 Å². The summed E-state index contributed by atoms with van der Waals surface area (Å²) < 4.78 is 6.99. The van der Waals surface area contributed by atoms with Gasteiger partial charge in [0.25, 0.3) is 0 Å². The minimum absolute atomic E-state index is 0.0786. The van der Waals surface area contributed by atoms with E-state index in [1.165, 1.54) is 4.90 Å². The zero-order chi connectivity index (χ0) is 19.0. The molecule has 1 saturated heterocycles. The third-order valence-electron chi connectivity index (χ3n) is 5.12. The number of benzene rings is 2. The molecule has 3 aromatic rings. The molecule has 0 aliphatic carbocycles. The maximum absolute atomic E-state index is 12.2. The minimum atomic E-state index is -0.345. The number of oxazole rings is 1. The Morgan fingerprint density at radius 3 is 2.52 bits per heavy atom. The van der Waals surface area contributed by atoms with Gasteiger partial charge in [-0.2, -0.15) is 0 Å². The minimum Gasteiger partial charge on any atom is -0.408 e. The molecule has 2 heterocycles. The molecule has 0 atom stereocenters. The van der Waals surface area contributed by atoms with Crippen LogP contribution in [0.5, 0.6) is 0 Å². The number of fused-ring (bicyclic) bond motifs is 1. The van der Waals surface area contributed by atoms with Crippen molar-refractivity contribution < 1.29 is 14.1 Å². The van der Waals surface area contributed by atoms with Gasteiger partial charge in [-0.3, -0.25) is 4.79 Å². The number of hydrogen-bond acceptors (Lipinski definition) is 4. The molecule has 0 unspecified atom stereocenters. The van der Waals surface area contributed by atoms with Crippen LogP contribution in [0.15, 0.2) is 51.7 Å². The lowest BCUT2D eigenvalue weighted by atomic mass is 10.1. The molecule has 2 aromatic carbocycles. The summed E-state index contributed by atoms with van der Waals surface area (Å²) in [5.41, 5.74) is 3.16. The number of piperazine rings is 1. The Bertz CT molecular complexity index is 1030. The third-order valence-corrected chi connectivity index (χ3v) is 5.36.